The molecule has 1 saturated heterocycles. The molecule has 1 N–H and O–H groups in total. The molecule has 26 heavy (non-hydrogen) atoms. The average molecular weight is 375 g/mol. The van der Waals surface area contributed by atoms with Gasteiger partial charge in [-0.25, -0.2) is 18.1 Å². The van der Waals surface area contributed by atoms with Crippen molar-refractivity contribution in [2.45, 2.75) is 31.9 Å². The molecule has 1 aliphatic heterocycles. The summed E-state index contributed by atoms with van der Waals surface area (Å²) in [4.78, 5) is 19.1. The lowest BCUT2D eigenvalue weighted by Crippen LogP contribution is -2.44. The monoisotopic (exact) mass is 375 g/mol. The summed E-state index contributed by atoms with van der Waals surface area (Å²) >= 11 is 0. The number of amides is 1. The number of benzene rings is 1. The maximum absolute atomic E-state index is 12.8. The molecule has 0 unspecified atom stereocenters. The molecule has 0 spiro atoms. The highest BCUT2D eigenvalue weighted by atomic mass is 32.2. The van der Waals surface area contributed by atoms with Crippen LogP contribution in [0.2, 0.25) is 0 Å². The van der Waals surface area contributed by atoms with Crippen LogP contribution in [0.15, 0.2) is 36.4 Å². The number of nitrogens with zero attached hydrogens (tertiary/aromatic N) is 2. The van der Waals surface area contributed by atoms with Gasteiger partial charge in [-0.2, -0.15) is 0 Å². The van der Waals surface area contributed by atoms with Gasteiger partial charge in [0.2, 0.25) is 10.0 Å². The average Bonchev–Trinajstić information content (AvgIpc) is 2.65. The Morgan fingerprint density at radius 3 is 2.81 bits per heavy atom. The summed E-state index contributed by atoms with van der Waals surface area (Å²) in [5.41, 5.74) is 1.24. The van der Waals surface area contributed by atoms with E-state index in [1.165, 1.54) is 0 Å². The molecular weight excluding hydrogens is 350 g/mol. The van der Waals surface area contributed by atoms with E-state index in [2.05, 4.69) is 9.71 Å². The molecule has 1 aliphatic rings. The summed E-state index contributed by atoms with van der Waals surface area (Å²) in [5, 5.41) is 0.550. The standard InChI is InChI=1S/C19H25N3O3S/c1-14(2)26(24,25)20-12-15-6-5-11-22(13-15)19(23)18-10-9-16-7-3-4-8-17(16)21-18/h3-4,7-10,14-15,20H,5-6,11-13H2,1-2H3/t15-/m0/s1. The predicted octanol–water partition coefficient (Wildman–Crippen LogP) is 2.41. The highest BCUT2D eigenvalue weighted by Crippen LogP contribution is 2.19. The number of carbonyl (C=O) groups excluding carboxylic acids is 1. The van der Waals surface area contributed by atoms with Crippen LogP contribution in [0.25, 0.3) is 10.9 Å². The van der Waals surface area contributed by atoms with Gasteiger partial charge < -0.3 is 4.90 Å². The highest BCUT2D eigenvalue weighted by Gasteiger charge is 2.26. The second kappa shape index (κ2) is 7.72. The minimum absolute atomic E-state index is 0.0906. The van der Waals surface area contributed by atoms with E-state index >= 15 is 0 Å². The second-order valence-electron chi connectivity index (χ2n) is 7.09. The third-order valence-corrected chi connectivity index (χ3v) is 6.63. The fourth-order valence-corrected chi connectivity index (χ4v) is 3.97. The lowest BCUT2D eigenvalue weighted by molar-refractivity contribution is 0.0671. The van der Waals surface area contributed by atoms with Crippen LogP contribution >= 0.6 is 0 Å². The Hall–Kier alpha value is -1.99. The maximum Gasteiger partial charge on any atom is 0.272 e. The van der Waals surface area contributed by atoms with Gasteiger partial charge in [-0.3, -0.25) is 4.79 Å². The van der Waals surface area contributed by atoms with Crippen LogP contribution in [-0.2, 0) is 10.0 Å². The molecule has 7 heteroatoms. The number of likely N-dealkylation sites (tertiary alicyclic amines) is 1. The summed E-state index contributed by atoms with van der Waals surface area (Å²) in [6.07, 6.45) is 1.78. The number of hydrogen-bond donors (Lipinski definition) is 1. The zero-order valence-corrected chi connectivity index (χ0v) is 16.0. The van der Waals surface area contributed by atoms with Gasteiger partial charge in [-0.15, -0.1) is 0 Å². The largest absolute Gasteiger partial charge is 0.337 e. The lowest BCUT2D eigenvalue weighted by Gasteiger charge is -2.32. The molecule has 1 fully saturated rings. The molecule has 0 aliphatic carbocycles. The molecule has 140 valence electrons. The van der Waals surface area contributed by atoms with Gasteiger partial charge in [0.15, 0.2) is 0 Å². The van der Waals surface area contributed by atoms with Crippen molar-refractivity contribution >= 4 is 26.8 Å². The first kappa shape index (κ1) is 18.8. The minimum atomic E-state index is -3.28. The molecule has 0 bridgehead atoms. The van der Waals surface area contributed by atoms with Crippen LogP contribution in [0.5, 0.6) is 0 Å². The summed E-state index contributed by atoms with van der Waals surface area (Å²) in [5.74, 6) is 0.0360. The summed E-state index contributed by atoms with van der Waals surface area (Å²) in [6.45, 7) is 4.92. The third kappa shape index (κ3) is 4.22. The van der Waals surface area contributed by atoms with Gasteiger partial charge >= 0.3 is 0 Å². The number of hydrogen-bond acceptors (Lipinski definition) is 4. The Bertz CT molecular complexity index is 896. The van der Waals surface area contributed by atoms with Crippen molar-refractivity contribution in [3.8, 4) is 0 Å². The summed E-state index contributed by atoms with van der Waals surface area (Å²) in [7, 11) is -3.28. The second-order valence-corrected chi connectivity index (χ2v) is 9.41. The topological polar surface area (TPSA) is 79.4 Å². The first-order valence-corrected chi connectivity index (χ1v) is 10.5. The number of nitrogens with one attached hydrogen (secondary N) is 1. The van der Waals surface area contributed by atoms with Crippen LogP contribution in [0.4, 0.5) is 0 Å². The van der Waals surface area contributed by atoms with Crippen molar-refractivity contribution < 1.29 is 13.2 Å². The van der Waals surface area contributed by atoms with Crippen LogP contribution in [0.3, 0.4) is 0 Å². The molecule has 2 aromatic rings. The zero-order chi connectivity index (χ0) is 18.7. The molecule has 2 heterocycles. The van der Waals surface area contributed by atoms with Gasteiger partial charge in [0.05, 0.1) is 10.8 Å². The van der Waals surface area contributed by atoms with Crippen molar-refractivity contribution in [1.29, 1.82) is 0 Å². The smallest absolute Gasteiger partial charge is 0.272 e. The van der Waals surface area contributed by atoms with Crippen molar-refractivity contribution in [2.75, 3.05) is 19.6 Å². The van der Waals surface area contributed by atoms with Crippen molar-refractivity contribution in [2.24, 2.45) is 5.92 Å². The quantitative estimate of drug-likeness (QED) is 0.870. The SMILES string of the molecule is CC(C)S(=O)(=O)NC[C@@H]1CCCN(C(=O)c2ccc3ccccc3n2)C1. The van der Waals surface area contributed by atoms with E-state index in [1.54, 1.807) is 24.8 Å². The Kier molecular flexibility index (Phi) is 5.58. The van der Waals surface area contributed by atoms with Crippen molar-refractivity contribution in [3.05, 3.63) is 42.1 Å². The van der Waals surface area contributed by atoms with E-state index < -0.39 is 15.3 Å². The normalized spacial score (nSPS) is 18.4. The third-order valence-electron chi connectivity index (χ3n) is 4.82. The zero-order valence-electron chi connectivity index (χ0n) is 15.2. The number of sulfonamides is 1. The van der Waals surface area contributed by atoms with E-state index in [0.717, 1.165) is 23.7 Å². The van der Waals surface area contributed by atoms with E-state index in [0.29, 0.717) is 25.3 Å². The molecule has 1 aromatic carbocycles. The van der Waals surface area contributed by atoms with E-state index in [4.69, 9.17) is 0 Å². The molecule has 1 aromatic heterocycles. The lowest BCUT2D eigenvalue weighted by atomic mass is 9.98. The van der Waals surface area contributed by atoms with Crippen LogP contribution in [0, 0.1) is 5.92 Å². The Balaban J connectivity index is 1.67. The van der Waals surface area contributed by atoms with Gasteiger partial charge in [0.25, 0.3) is 5.91 Å². The fourth-order valence-electron chi connectivity index (χ4n) is 3.16. The number of aromatic nitrogens is 1. The molecule has 6 nitrogen and oxygen atoms in total. The Morgan fingerprint density at radius 2 is 2.04 bits per heavy atom. The Morgan fingerprint density at radius 1 is 1.27 bits per heavy atom. The first-order chi connectivity index (χ1) is 12.4. The van der Waals surface area contributed by atoms with E-state index in [-0.39, 0.29) is 11.8 Å². The number of piperidine rings is 1. The Labute approximate surface area is 154 Å². The van der Waals surface area contributed by atoms with Crippen LogP contribution < -0.4 is 4.72 Å². The predicted molar refractivity (Wildman–Crippen MR) is 102 cm³/mol. The molecule has 0 saturated carbocycles. The van der Waals surface area contributed by atoms with Gasteiger partial charge in [-0.1, -0.05) is 24.3 Å². The number of pyridine rings is 1. The van der Waals surface area contributed by atoms with Gasteiger partial charge in [0, 0.05) is 25.0 Å². The van der Waals surface area contributed by atoms with Gasteiger partial charge in [-0.05, 0) is 44.7 Å². The molecular formula is C19H25N3O3S. The van der Waals surface area contributed by atoms with Crippen molar-refractivity contribution in [1.82, 2.24) is 14.6 Å². The van der Waals surface area contributed by atoms with Crippen molar-refractivity contribution in [3.63, 3.8) is 0 Å². The first-order valence-electron chi connectivity index (χ1n) is 9.00. The number of rotatable bonds is 5. The molecule has 3 rings (SSSR count). The van der Waals surface area contributed by atoms with Crippen LogP contribution in [0.1, 0.15) is 37.2 Å². The number of carbonyl (C=O) groups is 1. The summed E-state index contributed by atoms with van der Waals surface area (Å²) < 4.78 is 26.5. The van der Waals surface area contributed by atoms with E-state index in [9.17, 15) is 13.2 Å². The molecule has 1 atom stereocenters. The minimum Gasteiger partial charge on any atom is -0.337 e. The number of fused-ring (bicyclic) bond motifs is 1. The molecule has 0 radical (unpaired) electrons. The fraction of sp³-hybridized carbons (Fsp3) is 0.474. The van der Waals surface area contributed by atoms with Crippen LogP contribution in [-0.4, -0.2) is 49.1 Å². The highest BCUT2D eigenvalue weighted by molar-refractivity contribution is 7.90. The summed E-state index contributed by atoms with van der Waals surface area (Å²) in [6, 6.07) is 11.4. The van der Waals surface area contributed by atoms with E-state index in [1.807, 2.05) is 30.3 Å². The number of para-hydroxylation sites is 1. The maximum atomic E-state index is 12.8. The van der Waals surface area contributed by atoms with Gasteiger partial charge in [0.1, 0.15) is 5.69 Å². The molecule has 1 amide bonds.